The average Bonchev–Trinajstić information content (AvgIpc) is 2.33. The van der Waals surface area contributed by atoms with Gasteiger partial charge in [-0.2, -0.15) is 0 Å². The molecule has 0 aromatic carbocycles. The topological polar surface area (TPSA) is 37.8 Å². The quantitative estimate of drug-likeness (QED) is 0.795. The Balaban J connectivity index is 2.60. The van der Waals surface area contributed by atoms with Crippen LogP contribution in [-0.2, 0) is 0 Å². The number of aryl methyl sites for hydroxylation is 1. The molecule has 0 spiro atoms. The molecule has 0 saturated carbocycles. The normalized spacial score (nSPS) is 14.2. The van der Waals surface area contributed by atoms with E-state index in [1.54, 1.807) is 11.3 Å². The second-order valence-electron chi connectivity index (χ2n) is 4.36. The first kappa shape index (κ1) is 10.4. The van der Waals surface area contributed by atoms with Crippen LogP contribution in [-0.4, -0.2) is 16.2 Å². The molecule has 1 aromatic heterocycles. The summed E-state index contributed by atoms with van der Waals surface area (Å²) in [4.78, 5) is 0. The predicted molar refractivity (Wildman–Crippen MR) is 57.2 cm³/mol. The molecule has 1 N–H and O–H groups in total. The highest BCUT2D eigenvalue weighted by Gasteiger charge is 2.20. The minimum Gasteiger partial charge on any atom is -0.357 e. The Morgan fingerprint density at radius 1 is 1.31 bits per heavy atom. The summed E-state index contributed by atoms with van der Waals surface area (Å²) in [6.07, 6.45) is 0. The van der Waals surface area contributed by atoms with Crippen molar-refractivity contribution in [3.63, 3.8) is 0 Å². The molecule has 1 rings (SSSR count). The first-order chi connectivity index (χ1) is 5.89. The van der Waals surface area contributed by atoms with Gasteiger partial charge in [-0.25, -0.2) is 0 Å². The number of aromatic nitrogens is 2. The molecule has 1 atom stereocenters. The molecule has 0 saturated heterocycles. The maximum absolute atomic E-state index is 4.03. The summed E-state index contributed by atoms with van der Waals surface area (Å²) in [5.41, 5.74) is 0.250. The van der Waals surface area contributed by atoms with Crippen molar-refractivity contribution in [1.29, 1.82) is 0 Å². The van der Waals surface area contributed by atoms with Crippen molar-refractivity contribution in [1.82, 2.24) is 10.2 Å². The fourth-order valence-electron chi connectivity index (χ4n) is 0.757. The summed E-state index contributed by atoms with van der Waals surface area (Å²) >= 11 is 1.60. The van der Waals surface area contributed by atoms with Crippen LogP contribution in [0.3, 0.4) is 0 Å². The van der Waals surface area contributed by atoms with Crippen molar-refractivity contribution in [2.75, 3.05) is 5.32 Å². The second-order valence-corrected chi connectivity index (χ2v) is 5.54. The molecule has 74 valence electrons. The fourth-order valence-corrected chi connectivity index (χ4v) is 1.44. The molecule has 0 aliphatic heterocycles. The Morgan fingerprint density at radius 3 is 2.31 bits per heavy atom. The number of nitrogens with one attached hydrogen (secondary N) is 1. The first-order valence-electron chi connectivity index (χ1n) is 4.46. The molecule has 13 heavy (non-hydrogen) atoms. The van der Waals surface area contributed by atoms with E-state index >= 15 is 0 Å². The molecule has 1 heterocycles. The van der Waals surface area contributed by atoms with Crippen LogP contribution in [0.15, 0.2) is 0 Å². The lowest BCUT2D eigenvalue weighted by Gasteiger charge is -2.27. The van der Waals surface area contributed by atoms with Gasteiger partial charge in [0.1, 0.15) is 5.01 Å². The van der Waals surface area contributed by atoms with E-state index in [1.165, 1.54) is 0 Å². The minimum absolute atomic E-state index is 0.250. The van der Waals surface area contributed by atoms with Gasteiger partial charge in [0, 0.05) is 6.04 Å². The molecule has 0 amide bonds. The molecule has 0 fully saturated rings. The maximum atomic E-state index is 4.03. The molecular weight excluding hydrogens is 182 g/mol. The van der Waals surface area contributed by atoms with Crippen LogP contribution in [0.5, 0.6) is 0 Å². The van der Waals surface area contributed by atoms with Gasteiger partial charge in [0.05, 0.1) is 0 Å². The average molecular weight is 199 g/mol. The van der Waals surface area contributed by atoms with Gasteiger partial charge < -0.3 is 5.32 Å². The molecule has 1 unspecified atom stereocenters. The van der Waals surface area contributed by atoms with Gasteiger partial charge in [0.25, 0.3) is 0 Å². The zero-order valence-electron chi connectivity index (χ0n) is 8.88. The van der Waals surface area contributed by atoms with E-state index in [4.69, 9.17) is 0 Å². The zero-order chi connectivity index (χ0) is 10.1. The molecule has 1 aromatic rings. The van der Waals surface area contributed by atoms with Gasteiger partial charge in [-0.15, -0.1) is 10.2 Å². The lowest BCUT2D eigenvalue weighted by molar-refractivity contribution is 0.359. The summed E-state index contributed by atoms with van der Waals surface area (Å²) in [5, 5.41) is 13.3. The van der Waals surface area contributed by atoms with Crippen LogP contribution in [0.1, 0.15) is 32.7 Å². The Bertz CT molecular complexity index is 275. The number of rotatable bonds is 2. The van der Waals surface area contributed by atoms with Crippen LogP contribution in [0.4, 0.5) is 5.13 Å². The van der Waals surface area contributed by atoms with Gasteiger partial charge in [-0.05, 0) is 19.3 Å². The smallest absolute Gasteiger partial charge is 0.205 e. The van der Waals surface area contributed by atoms with E-state index in [1.807, 2.05) is 6.92 Å². The van der Waals surface area contributed by atoms with Gasteiger partial charge in [-0.3, -0.25) is 0 Å². The summed E-state index contributed by atoms with van der Waals surface area (Å²) in [6.45, 7) is 10.7. The van der Waals surface area contributed by atoms with Gasteiger partial charge in [-0.1, -0.05) is 32.1 Å². The van der Waals surface area contributed by atoms with E-state index in [0.717, 1.165) is 10.1 Å². The molecular formula is C9H17N3S. The largest absolute Gasteiger partial charge is 0.357 e. The zero-order valence-corrected chi connectivity index (χ0v) is 9.70. The number of nitrogens with zero attached hydrogens (tertiary/aromatic N) is 2. The Kier molecular flexibility index (Phi) is 2.91. The van der Waals surface area contributed by atoms with Crippen LogP contribution in [0, 0.1) is 12.3 Å². The fraction of sp³-hybridized carbons (Fsp3) is 0.778. The van der Waals surface area contributed by atoms with E-state index < -0.39 is 0 Å². The minimum atomic E-state index is 0.250. The van der Waals surface area contributed by atoms with Crippen LogP contribution in [0.2, 0.25) is 0 Å². The van der Waals surface area contributed by atoms with Gasteiger partial charge >= 0.3 is 0 Å². The highest BCUT2D eigenvalue weighted by molar-refractivity contribution is 7.15. The first-order valence-corrected chi connectivity index (χ1v) is 5.28. The van der Waals surface area contributed by atoms with E-state index in [9.17, 15) is 0 Å². The Hall–Kier alpha value is -0.640. The van der Waals surface area contributed by atoms with Crippen molar-refractivity contribution in [2.45, 2.75) is 40.7 Å². The number of hydrogen-bond acceptors (Lipinski definition) is 4. The van der Waals surface area contributed by atoms with Crippen molar-refractivity contribution in [3.05, 3.63) is 5.01 Å². The van der Waals surface area contributed by atoms with Crippen LogP contribution in [0.25, 0.3) is 0 Å². The summed E-state index contributed by atoms with van der Waals surface area (Å²) in [6, 6.07) is 0.403. The highest BCUT2D eigenvalue weighted by atomic mass is 32.1. The third-order valence-electron chi connectivity index (χ3n) is 2.17. The summed E-state index contributed by atoms with van der Waals surface area (Å²) < 4.78 is 0. The Morgan fingerprint density at radius 2 is 1.92 bits per heavy atom. The second kappa shape index (κ2) is 3.62. The van der Waals surface area contributed by atoms with Crippen molar-refractivity contribution < 1.29 is 0 Å². The van der Waals surface area contributed by atoms with Crippen molar-refractivity contribution >= 4 is 16.5 Å². The van der Waals surface area contributed by atoms with Crippen molar-refractivity contribution in [3.8, 4) is 0 Å². The lowest BCUT2D eigenvalue weighted by Crippen LogP contribution is -2.30. The summed E-state index contributed by atoms with van der Waals surface area (Å²) in [5.74, 6) is 0. The molecule has 0 radical (unpaired) electrons. The monoisotopic (exact) mass is 199 g/mol. The lowest BCUT2D eigenvalue weighted by atomic mass is 9.88. The number of hydrogen-bond donors (Lipinski definition) is 1. The van der Waals surface area contributed by atoms with E-state index in [2.05, 4.69) is 43.2 Å². The van der Waals surface area contributed by atoms with Crippen LogP contribution >= 0.6 is 11.3 Å². The molecule has 0 bridgehead atoms. The third kappa shape index (κ3) is 2.95. The Labute approximate surface area is 83.6 Å². The SMILES string of the molecule is Cc1nnc(NC(C)C(C)(C)C)s1. The molecule has 3 nitrogen and oxygen atoms in total. The standard InChI is InChI=1S/C9H17N3S/c1-6(9(3,4)5)10-8-12-11-7(2)13-8/h6H,1-5H3,(H,10,12). The molecule has 4 heteroatoms. The van der Waals surface area contributed by atoms with E-state index in [-0.39, 0.29) is 5.41 Å². The highest BCUT2D eigenvalue weighted by Crippen LogP contribution is 2.24. The van der Waals surface area contributed by atoms with Gasteiger partial charge in [0.2, 0.25) is 5.13 Å². The molecule has 0 aliphatic rings. The summed E-state index contributed by atoms with van der Waals surface area (Å²) in [7, 11) is 0. The maximum Gasteiger partial charge on any atom is 0.205 e. The van der Waals surface area contributed by atoms with Crippen LogP contribution < -0.4 is 5.32 Å². The predicted octanol–water partition coefficient (Wildman–Crippen LogP) is 2.69. The van der Waals surface area contributed by atoms with Crippen molar-refractivity contribution in [2.24, 2.45) is 5.41 Å². The molecule has 0 aliphatic carbocycles. The number of anilines is 1. The van der Waals surface area contributed by atoms with Gasteiger partial charge in [0.15, 0.2) is 0 Å². The van der Waals surface area contributed by atoms with E-state index in [0.29, 0.717) is 6.04 Å². The third-order valence-corrected chi connectivity index (χ3v) is 2.93.